The minimum atomic E-state index is -0.295. The van der Waals surface area contributed by atoms with Crippen molar-refractivity contribution in [3.63, 3.8) is 0 Å². The molecule has 238 valence electrons. The lowest BCUT2D eigenvalue weighted by molar-refractivity contribution is 0.0981. The van der Waals surface area contributed by atoms with Crippen LogP contribution in [0.4, 0.5) is 5.69 Å². The van der Waals surface area contributed by atoms with E-state index in [4.69, 9.17) is 21.7 Å². The first-order chi connectivity index (χ1) is 22.3. The van der Waals surface area contributed by atoms with E-state index in [1.54, 1.807) is 12.3 Å². The molecule has 1 saturated carbocycles. The quantitative estimate of drug-likeness (QED) is 0.132. The molecule has 1 aliphatic carbocycles. The molecule has 4 aromatic rings. The van der Waals surface area contributed by atoms with Crippen LogP contribution >= 0.6 is 11.6 Å². The summed E-state index contributed by atoms with van der Waals surface area (Å²) in [7, 11) is 0. The first kappa shape index (κ1) is 32.0. The van der Waals surface area contributed by atoms with Crippen LogP contribution in [0.15, 0.2) is 60.8 Å². The number of carbonyl (C=O) groups excluding carboxylic acids is 2. The van der Waals surface area contributed by atoms with Crippen LogP contribution < -0.4 is 5.32 Å². The number of fused-ring (bicyclic) bond motifs is 1. The van der Waals surface area contributed by atoms with Crippen LogP contribution in [0.3, 0.4) is 0 Å². The summed E-state index contributed by atoms with van der Waals surface area (Å²) in [5, 5.41) is 12.5. The van der Waals surface area contributed by atoms with Crippen molar-refractivity contribution in [1.29, 1.82) is 0 Å². The molecule has 1 aliphatic heterocycles. The number of benzene rings is 2. The molecule has 0 bridgehead atoms. The molecule has 2 aliphatic rings. The van der Waals surface area contributed by atoms with E-state index in [0.29, 0.717) is 28.1 Å². The highest BCUT2D eigenvalue weighted by atomic mass is 35.5. The van der Waals surface area contributed by atoms with Gasteiger partial charge in [-0.15, -0.1) is 0 Å². The van der Waals surface area contributed by atoms with Gasteiger partial charge >= 0.3 is 0 Å². The fourth-order valence-electron chi connectivity index (χ4n) is 6.56. The highest BCUT2D eigenvalue weighted by molar-refractivity contribution is 6.34. The smallest absolute Gasteiger partial charge is 0.274 e. The summed E-state index contributed by atoms with van der Waals surface area (Å²) in [6.07, 6.45) is 9.10. The monoisotopic (exact) mass is 636 g/mol. The third-order valence-corrected chi connectivity index (χ3v) is 9.99. The van der Waals surface area contributed by atoms with Crippen molar-refractivity contribution in [1.82, 2.24) is 14.9 Å². The van der Waals surface area contributed by atoms with Crippen molar-refractivity contribution in [2.24, 2.45) is 0 Å². The lowest BCUT2D eigenvalue weighted by Gasteiger charge is -2.40. The number of aliphatic hydroxyl groups excluding tert-OH is 1. The second-order valence-electron chi connectivity index (χ2n) is 12.6. The summed E-state index contributed by atoms with van der Waals surface area (Å²) in [4.78, 5) is 38.4. The zero-order valence-electron chi connectivity index (χ0n) is 26.6. The predicted molar refractivity (Wildman–Crippen MR) is 183 cm³/mol. The number of nitrogens with zero attached hydrogens (tertiary/aromatic N) is 3. The van der Waals surface area contributed by atoms with E-state index in [0.717, 1.165) is 77.8 Å². The molecule has 0 saturated heterocycles. The number of unbranched alkanes of at least 4 members (excludes halogenated alkanes) is 1. The van der Waals surface area contributed by atoms with Gasteiger partial charge in [0.05, 0.1) is 10.7 Å². The maximum Gasteiger partial charge on any atom is 0.274 e. The summed E-state index contributed by atoms with van der Waals surface area (Å²) < 4.78 is 0. The topological polar surface area (TPSA) is 95.4 Å². The second-order valence-corrected chi connectivity index (χ2v) is 13.0. The SMILES string of the molecule is Cc1cc(C(=O)Cc2cccc(-c3cccc(NC(=O)c4ccc(CCCCO)cn4)c3C)c2Cl)nc2c1CCN(C1CCC1)C2. The summed E-state index contributed by atoms with van der Waals surface area (Å²) in [6.45, 7) is 6.09. The number of anilines is 1. The Morgan fingerprint density at radius 2 is 1.83 bits per heavy atom. The van der Waals surface area contributed by atoms with Gasteiger partial charge in [-0.25, -0.2) is 4.98 Å². The minimum absolute atomic E-state index is 0.0460. The molecule has 7 nitrogen and oxygen atoms in total. The van der Waals surface area contributed by atoms with Crippen LogP contribution in [0.1, 0.15) is 86.6 Å². The van der Waals surface area contributed by atoms with Gasteiger partial charge < -0.3 is 10.4 Å². The molecule has 2 aromatic carbocycles. The Labute approximate surface area is 276 Å². The average molecular weight is 637 g/mol. The fraction of sp³-hybridized carbons (Fsp3) is 0.368. The Balaban J connectivity index is 1.18. The highest BCUT2D eigenvalue weighted by Crippen LogP contribution is 2.36. The van der Waals surface area contributed by atoms with Crippen LogP contribution in [0, 0.1) is 13.8 Å². The number of carbonyl (C=O) groups is 2. The average Bonchev–Trinajstić information content (AvgIpc) is 3.02. The number of aliphatic hydroxyl groups is 1. The van der Waals surface area contributed by atoms with Gasteiger partial charge in [0.1, 0.15) is 11.4 Å². The number of rotatable bonds is 11. The first-order valence-corrected chi connectivity index (χ1v) is 16.7. The molecule has 8 heteroatoms. The lowest BCUT2D eigenvalue weighted by Crippen LogP contribution is -2.43. The molecule has 0 radical (unpaired) electrons. The van der Waals surface area contributed by atoms with Crippen LogP contribution in [-0.4, -0.2) is 50.9 Å². The van der Waals surface area contributed by atoms with Crippen molar-refractivity contribution in [2.45, 2.75) is 77.8 Å². The first-order valence-electron chi connectivity index (χ1n) is 16.3. The Morgan fingerprint density at radius 3 is 2.57 bits per heavy atom. The van der Waals surface area contributed by atoms with Gasteiger partial charge in [-0.3, -0.25) is 19.5 Å². The molecule has 0 atom stereocenters. The van der Waals surface area contributed by atoms with E-state index in [1.807, 2.05) is 55.5 Å². The number of amides is 1. The van der Waals surface area contributed by atoms with Crippen LogP contribution in [0.2, 0.25) is 5.02 Å². The van der Waals surface area contributed by atoms with Crippen LogP contribution in [-0.2, 0) is 25.8 Å². The molecule has 46 heavy (non-hydrogen) atoms. The van der Waals surface area contributed by atoms with E-state index < -0.39 is 0 Å². The van der Waals surface area contributed by atoms with Gasteiger partial charge in [0.2, 0.25) is 0 Å². The molecule has 1 fully saturated rings. The van der Waals surface area contributed by atoms with Crippen LogP contribution in [0.25, 0.3) is 11.1 Å². The van der Waals surface area contributed by atoms with Crippen molar-refractivity contribution in [3.05, 3.63) is 111 Å². The van der Waals surface area contributed by atoms with E-state index in [-0.39, 0.29) is 24.7 Å². The summed E-state index contributed by atoms with van der Waals surface area (Å²) >= 11 is 6.99. The lowest BCUT2D eigenvalue weighted by atomic mass is 9.88. The Morgan fingerprint density at radius 1 is 1.02 bits per heavy atom. The predicted octanol–water partition coefficient (Wildman–Crippen LogP) is 7.32. The maximum atomic E-state index is 13.6. The van der Waals surface area contributed by atoms with E-state index >= 15 is 0 Å². The Kier molecular flexibility index (Phi) is 9.92. The van der Waals surface area contributed by atoms with Gasteiger partial charge in [-0.1, -0.05) is 54.4 Å². The number of hydrogen-bond acceptors (Lipinski definition) is 6. The van der Waals surface area contributed by atoms with Crippen molar-refractivity contribution in [2.75, 3.05) is 18.5 Å². The number of aryl methyl sites for hydroxylation is 2. The number of halogens is 1. The number of nitrogens with one attached hydrogen (secondary N) is 1. The van der Waals surface area contributed by atoms with Crippen LogP contribution in [0.5, 0.6) is 0 Å². The number of aromatic nitrogens is 2. The van der Waals surface area contributed by atoms with Crippen molar-refractivity contribution >= 4 is 29.0 Å². The zero-order valence-corrected chi connectivity index (χ0v) is 27.4. The number of pyridine rings is 2. The number of Topliss-reactive ketones (excluding diaryl/α,β-unsaturated/α-hetero) is 1. The third-order valence-electron chi connectivity index (χ3n) is 9.54. The normalized spacial score (nSPS) is 14.9. The summed E-state index contributed by atoms with van der Waals surface area (Å²) in [5.41, 5.74) is 9.29. The number of ketones is 1. The largest absolute Gasteiger partial charge is 0.396 e. The van der Waals surface area contributed by atoms with Gasteiger partial charge in [0.15, 0.2) is 5.78 Å². The van der Waals surface area contributed by atoms with Gasteiger partial charge in [-0.05, 0) is 104 Å². The van der Waals surface area contributed by atoms with E-state index in [2.05, 4.69) is 22.1 Å². The highest BCUT2D eigenvalue weighted by Gasteiger charge is 2.29. The Bertz CT molecular complexity index is 1750. The molecule has 1 amide bonds. The Hall–Kier alpha value is -3.91. The van der Waals surface area contributed by atoms with Gasteiger partial charge in [0, 0.05) is 49.6 Å². The zero-order chi connectivity index (χ0) is 32.2. The molecular formula is C38H41ClN4O3. The molecule has 0 unspecified atom stereocenters. The summed E-state index contributed by atoms with van der Waals surface area (Å²) in [6, 6.07) is 17.7. The van der Waals surface area contributed by atoms with Gasteiger partial charge in [-0.2, -0.15) is 0 Å². The molecule has 0 spiro atoms. The standard InChI is InChI=1S/C38H41ClN4O3/c1-24-20-34(41-35-23-43(18-17-29(24)35)28-10-6-11-28)36(45)21-27-9-5-13-31(37(27)39)30-12-7-14-32(25(30)2)42-38(46)33-16-15-26(22-40-33)8-3-4-19-44/h5,7,9,12-16,20,22,28,44H,3-4,6,8,10-11,17-19,21,23H2,1-2H3,(H,42,46). The van der Waals surface area contributed by atoms with E-state index in [1.165, 1.54) is 24.8 Å². The molecule has 6 rings (SSSR count). The van der Waals surface area contributed by atoms with Crippen molar-refractivity contribution < 1.29 is 14.7 Å². The minimum Gasteiger partial charge on any atom is -0.396 e. The number of hydrogen-bond donors (Lipinski definition) is 2. The molecule has 2 aromatic heterocycles. The molecular weight excluding hydrogens is 596 g/mol. The molecule has 3 heterocycles. The fourth-order valence-corrected chi connectivity index (χ4v) is 6.85. The summed E-state index contributed by atoms with van der Waals surface area (Å²) in [5.74, 6) is -0.341. The van der Waals surface area contributed by atoms with Gasteiger partial charge in [0.25, 0.3) is 5.91 Å². The maximum absolute atomic E-state index is 13.6. The van der Waals surface area contributed by atoms with E-state index in [9.17, 15) is 9.59 Å². The third kappa shape index (κ3) is 6.92. The molecule has 2 N–H and O–H groups in total. The second kappa shape index (κ2) is 14.2. The van der Waals surface area contributed by atoms with Crippen molar-refractivity contribution in [3.8, 4) is 11.1 Å².